The fourth-order valence-corrected chi connectivity index (χ4v) is 4.99. The lowest BCUT2D eigenvalue weighted by atomic mass is 10.0. The Morgan fingerprint density at radius 2 is 1.54 bits per heavy atom. The lowest BCUT2D eigenvalue weighted by Crippen LogP contribution is -2.50. The summed E-state index contributed by atoms with van der Waals surface area (Å²) < 4.78 is 27.2. The molecular formula is C20H24N2O3S. The maximum absolute atomic E-state index is 12.9. The molecule has 1 amide bonds. The number of carbonyl (C=O) groups is 1. The molecule has 3 rings (SSSR count). The van der Waals surface area contributed by atoms with Crippen molar-refractivity contribution in [2.45, 2.75) is 25.7 Å². The van der Waals surface area contributed by atoms with Crippen molar-refractivity contribution in [2.75, 3.05) is 26.2 Å². The molecule has 1 aliphatic heterocycles. The number of aryl methyl sites for hydroxylation is 3. The van der Waals surface area contributed by atoms with Crippen LogP contribution in [0.2, 0.25) is 0 Å². The summed E-state index contributed by atoms with van der Waals surface area (Å²) in [7, 11) is -3.52. The number of amides is 1. The van der Waals surface area contributed by atoms with Gasteiger partial charge in [0.05, 0.1) is 4.90 Å². The van der Waals surface area contributed by atoms with Gasteiger partial charge in [0, 0.05) is 31.7 Å². The van der Waals surface area contributed by atoms with Crippen LogP contribution in [0.25, 0.3) is 0 Å². The van der Waals surface area contributed by atoms with Crippen molar-refractivity contribution in [3.63, 3.8) is 0 Å². The van der Waals surface area contributed by atoms with Gasteiger partial charge in [0.1, 0.15) is 0 Å². The van der Waals surface area contributed by atoms with Crippen molar-refractivity contribution in [1.82, 2.24) is 9.21 Å². The van der Waals surface area contributed by atoms with Crippen molar-refractivity contribution in [3.05, 3.63) is 64.7 Å². The summed E-state index contributed by atoms with van der Waals surface area (Å²) in [5.41, 5.74) is 3.49. The molecule has 0 aromatic heterocycles. The fourth-order valence-electron chi connectivity index (χ4n) is 3.34. The van der Waals surface area contributed by atoms with E-state index in [1.807, 2.05) is 38.1 Å². The zero-order valence-electron chi connectivity index (χ0n) is 15.4. The molecule has 26 heavy (non-hydrogen) atoms. The predicted octanol–water partition coefficient (Wildman–Crippen LogP) is 2.76. The van der Waals surface area contributed by atoms with Gasteiger partial charge in [0.2, 0.25) is 10.0 Å². The summed E-state index contributed by atoms with van der Waals surface area (Å²) in [5.74, 6) is -0.0320. The van der Waals surface area contributed by atoms with E-state index in [-0.39, 0.29) is 5.91 Å². The highest BCUT2D eigenvalue weighted by Gasteiger charge is 2.31. The summed E-state index contributed by atoms with van der Waals surface area (Å²) in [6.07, 6.45) is 0. The molecule has 1 heterocycles. The maximum atomic E-state index is 12.9. The Kier molecular flexibility index (Phi) is 5.16. The van der Waals surface area contributed by atoms with E-state index in [2.05, 4.69) is 0 Å². The lowest BCUT2D eigenvalue weighted by Gasteiger charge is -2.34. The van der Waals surface area contributed by atoms with Crippen LogP contribution in [-0.2, 0) is 10.0 Å². The topological polar surface area (TPSA) is 57.7 Å². The Balaban J connectivity index is 1.73. The van der Waals surface area contributed by atoms with E-state index in [0.29, 0.717) is 36.6 Å². The highest BCUT2D eigenvalue weighted by atomic mass is 32.2. The molecule has 0 aliphatic carbocycles. The first kappa shape index (κ1) is 18.6. The molecule has 1 aliphatic rings. The standard InChI is InChI=1S/C20H24N2O3S/c1-15-8-9-18(17(3)14-15)20(23)21-10-12-22(13-11-21)26(24,25)19-7-5-4-6-16(19)2/h4-9,14H,10-13H2,1-3H3. The molecule has 0 saturated carbocycles. The number of benzene rings is 2. The average Bonchev–Trinajstić information content (AvgIpc) is 2.61. The molecule has 138 valence electrons. The quantitative estimate of drug-likeness (QED) is 0.832. The molecule has 2 aromatic carbocycles. The zero-order chi connectivity index (χ0) is 18.9. The first-order chi connectivity index (χ1) is 12.3. The lowest BCUT2D eigenvalue weighted by molar-refractivity contribution is 0.0697. The number of hydrogen-bond donors (Lipinski definition) is 0. The van der Waals surface area contributed by atoms with Crippen molar-refractivity contribution < 1.29 is 13.2 Å². The van der Waals surface area contributed by atoms with Crippen LogP contribution < -0.4 is 0 Å². The Morgan fingerprint density at radius 1 is 0.885 bits per heavy atom. The smallest absolute Gasteiger partial charge is 0.254 e. The van der Waals surface area contributed by atoms with Crippen molar-refractivity contribution in [2.24, 2.45) is 0 Å². The van der Waals surface area contributed by atoms with Gasteiger partial charge in [-0.05, 0) is 44.0 Å². The molecule has 6 heteroatoms. The van der Waals surface area contributed by atoms with Gasteiger partial charge in [0.25, 0.3) is 5.91 Å². The molecule has 0 unspecified atom stereocenters. The van der Waals surface area contributed by atoms with Gasteiger partial charge in [-0.3, -0.25) is 4.79 Å². The van der Waals surface area contributed by atoms with Crippen LogP contribution in [-0.4, -0.2) is 49.7 Å². The second kappa shape index (κ2) is 7.21. The highest BCUT2D eigenvalue weighted by molar-refractivity contribution is 7.89. The summed E-state index contributed by atoms with van der Waals surface area (Å²) in [5, 5.41) is 0. The van der Waals surface area contributed by atoms with Crippen LogP contribution in [0.5, 0.6) is 0 Å². The molecule has 0 bridgehead atoms. The van der Waals surface area contributed by atoms with E-state index in [0.717, 1.165) is 16.7 Å². The van der Waals surface area contributed by atoms with Gasteiger partial charge in [-0.1, -0.05) is 35.9 Å². The van der Waals surface area contributed by atoms with Gasteiger partial charge in [0.15, 0.2) is 0 Å². The summed E-state index contributed by atoms with van der Waals surface area (Å²) in [6, 6.07) is 12.8. The Morgan fingerprint density at radius 3 is 2.15 bits per heavy atom. The second-order valence-corrected chi connectivity index (χ2v) is 8.69. The van der Waals surface area contributed by atoms with Crippen LogP contribution in [0.15, 0.2) is 47.4 Å². The SMILES string of the molecule is Cc1ccc(C(=O)N2CCN(S(=O)(=O)c3ccccc3C)CC2)c(C)c1. The molecule has 1 fully saturated rings. The number of hydrogen-bond acceptors (Lipinski definition) is 3. The van der Waals surface area contributed by atoms with Crippen molar-refractivity contribution >= 4 is 15.9 Å². The third-order valence-corrected chi connectivity index (χ3v) is 6.91. The summed E-state index contributed by atoms with van der Waals surface area (Å²) in [4.78, 5) is 14.8. The molecule has 0 atom stereocenters. The van der Waals surface area contributed by atoms with E-state index >= 15 is 0 Å². The molecule has 2 aromatic rings. The molecular weight excluding hydrogens is 348 g/mol. The number of sulfonamides is 1. The number of carbonyl (C=O) groups excluding carboxylic acids is 1. The monoisotopic (exact) mass is 372 g/mol. The third kappa shape index (κ3) is 3.52. The first-order valence-corrected chi connectivity index (χ1v) is 10.2. The van der Waals surface area contributed by atoms with Crippen LogP contribution in [0, 0.1) is 20.8 Å². The fraction of sp³-hybridized carbons (Fsp3) is 0.350. The van der Waals surface area contributed by atoms with Gasteiger partial charge in [-0.15, -0.1) is 0 Å². The zero-order valence-corrected chi connectivity index (χ0v) is 16.2. The number of piperazine rings is 1. The summed E-state index contributed by atoms with van der Waals surface area (Å²) in [6.45, 7) is 7.15. The number of rotatable bonds is 3. The Labute approximate surface area is 155 Å². The minimum absolute atomic E-state index is 0.0320. The molecule has 0 spiro atoms. The van der Waals surface area contributed by atoms with Crippen LogP contribution >= 0.6 is 0 Å². The molecule has 5 nitrogen and oxygen atoms in total. The van der Waals surface area contributed by atoms with E-state index in [9.17, 15) is 13.2 Å². The van der Waals surface area contributed by atoms with Crippen LogP contribution in [0.1, 0.15) is 27.0 Å². The van der Waals surface area contributed by atoms with Gasteiger partial charge in [-0.25, -0.2) is 8.42 Å². The van der Waals surface area contributed by atoms with Crippen molar-refractivity contribution in [1.29, 1.82) is 0 Å². The minimum atomic E-state index is -3.52. The van der Waals surface area contributed by atoms with Crippen molar-refractivity contribution in [3.8, 4) is 0 Å². The second-order valence-electron chi connectivity index (χ2n) is 6.78. The molecule has 0 radical (unpaired) electrons. The van der Waals surface area contributed by atoms with Crippen LogP contribution in [0.3, 0.4) is 0 Å². The van der Waals surface area contributed by atoms with Gasteiger partial charge in [-0.2, -0.15) is 4.31 Å². The summed E-state index contributed by atoms with van der Waals surface area (Å²) >= 11 is 0. The van der Waals surface area contributed by atoms with Crippen LogP contribution in [0.4, 0.5) is 0 Å². The minimum Gasteiger partial charge on any atom is -0.336 e. The Bertz CT molecular complexity index is 930. The maximum Gasteiger partial charge on any atom is 0.254 e. The van der Waals surface area contributed by atoms with E-state index < -0.39 is 10.0 Å². The number of nitrogens with zero attached hydrogens (tertiary/aromatic N) is 2. The van der Waals surface area contributed by atoms with E-state index in [1.165, 1.54) is 4.31 Å². The average molecular weight is 372 g/mol. The normalized spacial score (nSPS) is 15.9. The Hall–Kier alpha value is -2.18. The van der Waals surface area contributed by atoms with E-state index in [1.54, 1.807) is 30.0 Å². The van der Waals surface area contributed by atoms with E-state index in [4.69, 9.17) is 0 Å². The molecule has 0 N–H and O–H groups in total. The highest BCUT2D eigenvalue weighted by Crippen LogP contribution is 2.22. The van der Waals surface area contributed by atoms with Gasteiger partial charge < -0.3 is 4.90 Å². The predicted molar refractivity (Wildman–Crippen MR) is 102 cm³/mol. The molecule has 1 saturated heterocycles. The third-order valence-electron chi connectivity index (χ3n) is 4.85. The largest absolute Gasteiger partial charge is 0.336 e. The van der Waals surface area contributed by atoms with Gasteiger partial charge >= 0.3 is 0 Å². The first-order valence-electron chi connectivity index (χ1n) is 8.73.